The Labute approximate surface area is 186 Å². The van der Waals surface area contributed by atoms with Crippen LogP contribution in [0.3, 0.4) is 0 Å². The summed E-state index contributed by atoms with van der Waals surface area (Å²) in [5.41, 5.74) is 0. The number of hydrogen-bond acceptors (Lipinski definition) is 7. The normalized spacial score (nSPS) is 11.5. The van der Waals surface area contributed by atoms with Crippen molar-refractivity contribution in [3.8, 4) is 0 Å². The molecule has 0 aliphatic carbocycles. The standard InChI is InChI=1S/C21H39N5O4S/c27-18-14-15-19-31(29,30)24-21(28)17-13-11-9-7-5-3-1-2-4-6-8-10-12-16-20-22-25-26-23-20/h18H,1-17,19H2,(H,24,28)(H,22,23,25,26). The molecular formula is C21H39N5O4S. The lowest BCUT2D eigenvalue weighted by Crippen LogP contribution is -2.32. The lowest BCUT2D eigenvalue weighted by atomic mass is 10.0. The maximum absolute atomic E-state index is 11.7. The summed E-state index contributed by atoms with van der Waals surface area (Å²) >= 11 is 0. The van der Waals surface area contributed by atoms with Gasteiger partial charge in [-0.25, -0.2) is 8.42 Å². The van der Waals surface area contributed by atoms with E-state index >= 15 is 0 Å². The highest BCUT2D eigenvalue weighted by molar-refractivity contribution is 7.90. The number of aromatic nitrogens is 4. The van der Waals surface area contributed by atoms with Gasteiger partial charge in [0.2, 0.25) is 15.9 Å². The second kappa shape index (κ2) is 17.8. The first-order chi connectivity index (χ1) is 15.0. The Morgan fingerprint density at radius 2 is 1.39 bits per heavy atom. The fourth-order valence-electron chi connectivity index (χ4n) is 3.43. The first kappa shape index (κ1) is 27.2. The Bertz CT molecular complexity index is 680. The fourth-order valence-corrected chi connectivity index (χ4v) is 4.53. The number of unbranched alkanes of at least 4 members (excludes halogenated alkanes) is 13. The van der Waals surface area contributed by atoms with Crippen molar-refractivity contribution in [3.05, 3.63) is 5.82 Å². The van der Waals surface area contributed by atoms with Crippen LogP contribution in [0.25, 0.3) is 0 Å². The van der Waals surface area contributed by atoms with E-state index in [1.165, 1.54) is 57.8 Å². The van der Waals surface area contributed by atoms with Crippen molar-refractivity contribution in [2.45, 2.75) is 109 Å². The van der Waals surface area contributed by atoms with Gasteiger partial charge in [0.05, 0.1) is 5.75 Å². The van der Waals surface area contributed by atoms with E-state index in [1.807, 2.05) is 0 Å². The van der Waals surface area contributed by atoms with E-state index in [-0.39, 0.29) is 25.0 Å². The number of hydrogen-bond donors (Lipinski definition) is 2. The van der Waals surface area contributed by atoms with Crippen LogP contribution in [-0.2, 0) is 26.0 Å². The average molecular weight is 458 g/mol. The zero-order chi connectivity index (χ0) is 22.6. The van der Waals surface area contributed by atoms with Crippen molar-refractivity contribution in [3.63, 3.8) is 0 Å². The van der Waals surface area contributed by atoms with E-state index in [1.54, 1.807) is 0 Å². The molecule has 1 aromatic heterocycles. The largest absolute Gasteiger partial charge is 0.303 e. The van der Waals surface area contributed by atoms with E-state index in [4.69, 9.17) is 0 Å². The van der Waals surface area contributed by atoms with E-state index in [9.17, 15) is 18.0 Å². The smallest absolute Gasteiger partial charge is 0.234 e. The van der Waals surface area contributed by atoms with Crippen LogP contribution in [0.4, 0.5) is 0 Å². The summed E-state index contributed by atoms with van der Waals surface area (Å²) in [5.74, 6) is 0.179. The number of H-pyrrole nitrogens is 1. The average Bonchev–Trinajstić information content (AvgIpc) is 3.24. The van der Waals surface area contributed by atoms with Gasteiger partial charge in [-0.1, -0.05) is 75.8 Å². The van der Waals surface area contributed by atoms with Gasteiger partial charge in [-0.05, 0) is 19.3 Å². The Morgan fingerprint density at radius 1 is 0.839 bits per heavy atom. The van der Waals surface area contributed by atoms with Gasteiger partial charge < -0.3 is 4.79 Å². The molecule has 0 saturated heterocycles. The van der Waals surface area contributed by atoms with Crippen LogP contribution in [0.15, 0.2) is 0 Å². The topological polar surface area (TPSA) is 135 Å². The molecule has 0 aliphatic heterocycles. The molecule has 0 radical (unpaired) electrons. The third-order valence-corrected chi connectivity index (χ3v) is 6.56. The minimum atomic E-state index is -3.60. The van der Waals surface area contributed by atoms with E-state index in [0.717, 1.165) is 31.5 Å². The van der Waals surface area contributed by atoms with Gasteiger partial charge in [0.1, 0.15) is 6.29 Å². The molecule has 2 N–H and O–H groups in total. The first-order valence-corrected chi connectivity index (χ1v) is 13.4. The molecule has 10 heteroatoms. The lowest BCUT2D eigenvalue weighted by molar-refractivity contribution is -0.119. The number of nitrogens with one attached hydrogen (secondary N) is 2. The van der Waals surface area contributed by atoms with Gasteiger partial charge in [0, 0.05) is 19.3 Å². The molecule has 178 valence electrons. The maximum atomic E-state index is 11.7. The van der Waals surface area contributed by atoms with Crippen LogP contribution in [0, 0.1) is 0 Å². The number of aromatic amines is 1. The van der Waals surface area contributed by atoms with Crippen molar-refractivity contribution < 1.29 is 18.0 Å². The highest BCUT2D eigenvalue weighted by atomic mass is 32.2. The molecule has 0 bridgehead atoms. The molecule has 0 aliphatic rings. The Kier molecular flexibility index (Phi) is 15.6. The summed E-state index contributed by atoms with van der Waals surface area (Å²) < 4.78 is 25.4. The molecule has 1 aromatic rings. The van der Waals surface area contributed by atoms with Crippen LogP contribution < -0.4 is 4.72 Å². The molecule has 31 heavy (non-hydrogen) atoms. The molecule has 0 spiro atoms. The molecule has 0 aromatic carbocycles. The molecule has 0 saturated carbocycles. The highest BCUT2D eigenvalue weighted by Gasteiger charge is 2.13. The molecule has 1 rings (SSSR count). The number of nitrogens with zero attached hydrogens (tertiary/aromatic N) is 3. The number of amides is 1. The predicted octanol–water partition coefficient (Wildman–Crippen LogP) is 3.63. The van der Waals surface area contributed by atoms with E-state index < -0.39 is 15.9 Å². The second-order valence-electron chi connectivity index (χ2n) is 8.08. The summed E-state index contributed by atoms with van der Waals surface area (Å²) in [6, 6.07) is 0. The lowest BCUT2D eigenvalue weighted by Gasteiger charge is -2.06. The van der Waals surface area contributed by atoms with Crippen molar-refractivity contribution in [2.24, 2.45) is 0 Å². The van der Waals surface area contributed by atoms with E-state index in [0.29, 0.717) is 12.7 Å². The van der Waals surface area contributed by atoms with Crippen molar-refractivity contribution in [1.82, 2.24) is 25.3 Å². The number of aryl methyl sites for hydroxylation is 1. The number of carbonyl (C=O) groups excluding carboxylic acids is 2. The number of carbonyl (C=O) groups is 2. The van der Waals surface area contributed by atoms with Crippen LogP contribution in [-0.4, -0.2) is 47.0 Å². The van der Waals surface area contributed by atoms with E-state index in [2.05, 4.69) is 25.3 Å². The molecule has 9 nitrogen and oxygen atoms in total. The van der Waals surface area contributed by atoms with Gasteiger partial charge in [0.15, 0.2) is 5.82 Å². The number of sulfonamides is 1. The van der Waals surface area contributed by atoms with Crippen LogP contribution in [0.1, 0.15) is 109 Å². The Hall–Kier alpha value is -1.84. The monoisotopic (exact) mass is 457 g/mol. The highest BCUT2D eigenvalue weighted by Crippen LogP contribution is 2.13. The summed E-state index contributed by atoms with van der Waals surface area (Å²) in [7, 11) is -3.60. The zero-order valence-corrected chi connectivity index (χ0v) is 19.5. The maximum Gasteiger partial charge on any atom is 0.234 e. The van der Waals surface area contributed by atoms with Gasteiger partial charge in [-0.2, -0.15) is 5.21 Å². The molecule has 0 atom stereocenters. The SMILES string of the molecule is O=CCCCS(=O)(=O)NC(=O)CCCCCCCCCCCCCCCc1nn[nH]n1. The minimum Gasteiger partial charge on any atom is -0.303 e. The van der Waals surface area contributed by atoms with Crippen LogP contribution in [0.2, 0.25) is 0 Å². The quantitative estimate of drug-likeness (QED) is 0.212. The summed E-state index contributed by atoms with van der Waals surface area (Å²) in [6.07, 6.45) is 17.4. The van der Waals surface area contributed by atoms with Crippen LogP contribution in [0.5, 0.6) is 0 Å². The molecular weight excluding hydrogens is 418 g/mol. The predicted molar refractivity (Wildman–Crippen MR) is 120 cm³/mol. The first-order valence-electron chi connectivity index (χ1n) is 11.7. The number of aldehydes is 1. The second-order valence-corrected chi connectivity index (χ2v) is 9.92. The number of rotatable bonds is 21. The number of tetrazole rings is 1. The fraction of sp³-hybridized carbons (Fsp3) is 0.857. The van der Waals surface area contributed by atoms with Gasteiger partial charge in [-0.3, -0.25) is 9.52 Å². The minimum absolute atomic E-state index is 0.182. The molecule has 0 unspecified atom stereocenters. The Morgan fingerprint density at radius 3 is 1.90 bits per heavy atom. The summed E-state index contributed by atoms with van der Waals surface area (Å²) in [6.45, 7) is 0. The van der Waals surface area contributed by atoms with Gasteiger partial charge in [-0.15, -0.1) is 10.2 Å². The molecule has 1 heterocycles. The molecule has 1 amide bonds. The van der Waals surface area contributed by atoms with Gasteiger partial charge >= 0.3 is 0 Å². The van der Waals surface area contributed by atoms with Crippen molar-refractivity contribution in [2.75, 3.05) is 5.75 Å². The summed E-state index contributed by atoms with van der Waals surface area (Å²) in [4.78, 5) is 21.9. The van der Waals surface area contributed by atoms with Crippen LogP contribution >= 0.6 is 0 Å². The van der Waals surface area contributed by atoms with Crippen molar-refractivity contribution in [1.29, 1.82) is 0 Å². The van der Waals surface area contributed by atoms with Crippen molar-refractivity contribution >= 4 is 22.2 Å². The van der Waals surface area contributed by atoms with Gasteiger partial charge in [0.25, 0.3) is 0 Å². The summed E-state index contributed by atoms with van der Waals surface area (Å²) in [5, 5.41) is 13.9. The third kappa shape index (κ3) is 16.5. The third-order valence-electron chi connectivity index (χ3n) is 5.20. The Balaban J connectivity index is 1.80. The molecule has 0 fully saturated rings. The zero-order valence-electron chi connectivity index (χ0n) is 18.7.